The Balaban J connectivity index is 1.71. The predicted molar refractivity (Wildman–Crippen MR) is 84.6 cm³/mol. The maximum Gasteiger partial charge on any atom is 0.0858 e. The number of hydrogen-bond donors (Lipinski definition) is 1. The third-order valence-corrected chi connectivity index (χ3v) is 3.63. The van der Waals surface area contributed by atoms with E-state index in [0.717, 1.165) is 17.9 Å². The quantitative estimate of drug-likeness (QED) is 0.794. The van der Waals surface area contributed by atoms with Gasteiger partial charge in [-0.1, -0.05) is 18.2 Å². The number of rotatable bonds is 4. The van der Waals surface area contributed by atoms with Gasteiger partial charge in [-0.3, -0.25) is 0 Å². The van der Waals surface area contributed by atoms with Gasteiger partial charge in [0.2, 0.25) is 0 Å². The Morgan fingerprint density at radius 1 is 0.905 bits per heavy atom. The van der Waals surface area contributed by atoms with Gasteiger partial charge in [0, 0.05) is 12.2 Å². The van der Waals surface area contributed by atoms with Crippen molar-refractivity contribution in [3.63, 3.8) is 0 Å². The van der Waals surface area contributed by atoms with Crippen molar-refractivity contribution < 1.29 is 0 Å². The summed E-state index contributed by atoms with van der Waals surface area (Å²) in [6.45, 7) is 5.13. The number of hydrogen-bond acceptors (Lipinski definition) is 3. The fourth-order valence-corrected chi connectivity index (χ4v) is 2.38. The lowest BCUT2D eigenvalue weighted by molar-refractivity contribution is 0.752. The molecule has 2 aromatic carbocycles. The van der Waals surface area contributed by atoms with E-state index in [1.807, 2.05) is 24.3 Å². The molecule has 0 bridgehead atoms. The van der Waals surface area contributed by atoms with Crippen molar-refractivity contribution >= 4 is 5.69 Å². The van der Waals surface area contributed by atoms with E-state index in [2.05, 4.69) is 47.6 Å². The van der Waals surface area contributed by atoms with Crippen LogP contribution in [0.3, 0.4) is 0 Å². The Kier molecular flexibility index (Phi) is 3.69. The zero-order chi connectivity index (χ0) is 14.7. The minimum Gasteiger partial charge on any atom is -0.381 e. The number of aromatic nitrogens is 3. The Morgan fingerprint density at radius 3 is 2.14 bits per heavy atom. The summed E-state index contributed by atoms with van der Waals surface area (Å²) < 4.78 is 0. The van der Waals surface area contributed by atoms with Crippen LogP contribution in [0, 0.1) is 13.8 Å². The average Bonchev–Trinajstić information content (AvgIpc) is 3.02. The topological polar surface area (TPSA) is 42.7 Å². The van der Waals surface area contributed by atoms with Crippen LogP contribution in [0.25, 0.3) is 5.69 Å². The van der Waals surface area contributed by atoms with Crippen LogP contribution in [0.1, 0.15) is 16.7 Å². The first-order valence-corrected chi connectivity index (χ1v) is 7.00. The fourth-order valence-electron chi connectivity index (χ4n) is 2.38. The molecule has 4 heteroatoms. The standard InChI is InChI=1S/C17H18N4/c1-13-4-3-5-14(2)17(13)12-18-15-6-8-16(9-7-15)21-19-10-11-20-21/h3-11,18H,12H2,1-2H3. The second-order valence-electron chi connectivity index (χ2n) is 5.09. The summed E-state index contributed by atoms with van der Waals surface area (Å²) in [5.74, 6) is 0. The molecule has 1 heterocycles. The number of benzene rings is 2. The van der Waals surface area contributed by atoms with Gasteiger partial charge in [-0.15, -0.1) is 0 Å². The van der Waals surface area contributed by atoms with E-state index in [9.17, 15) is 0 Å². The zero-order valence-corrected chi connectivity index (χ0v) is 12.2. The molecule has 0 fully saturated rings. The van der Waals surface area contributed by atoms with Crippen molar-refractivity contribution in [3.05, 3.63) is 71.5 Å². The lowest BCUT2D eigenvalue weighted by Gasteiger charge is -2.12. The molecule has 0 aliphatic carbocycles. The molecule has 3 aromatic rings. The highest BCUT2D eigenvalue weighted by Gasteiger charge is 2.02. The van der Waals surface area contributed by atoms with Gasteiger partial charge in [-0.2, -0.15) is 15.0 Å². The lowest BCUT2D eigenvalue weighted by Crippen LogP contribution is -2.04. The molecule has 0 saturated heterocycles. The van der Waals surface area contributed by atoms with Crippen LogP contribution >= 0.6 is 0 Å². The zero-order valence-electron chi connectivity index (χ0n) is 12.2. The molecule has 0 saturated carbocycles. The van der Waals surface area contributed by atoms with E-state index in [-0.39, 0.29) is 0 Å². The molecule has 0 amide bonds. The Bertz CT molecular complexity index is 695. The largest absolute Gasteiger partial charge is 0.381 e. The average molecular weight is 278 g/mol. The highest BCUT2D eigenvalue weighted by atomic mass is 15.5. The van der Waals surface area contributed by atoms with Gasteiger partial charge in [0.05, 0.1) is 18.1 Å². The summed E-state index contributed by atoms with van der Waals surface area (Å²) in [6, 6.07) is 14.5. The van der Waals surface area contributed by atoms with Gasteiger partial charge >= 0.3 is 0 Å². The molecule has 0 aliphatic rings. The van der Waals surface area contributed by atoms with Crippen molar-refractivity contribution in [2.45, 2.75) is 20.4 Å². The van der Waals surface area contributed by atoms with E-state index in [1.54, 1.807) is 17.2 Å². The SMILES string of the molecule is Cc1cccc(C)c1CNc1ccc(-n2nccn2)cc1. The summed E-state index contributed by atoms with van der Waals surface area (Å²) in [5.41, 5.74) is 6.04. The minimum atomic E-state index is 0.831. The summed E-state index contributed by atoms with van der Waals surface area (Å²) in [7, 11) is 0. The second-order valence-corrected chi connectivity index (χ2v) is 5.09. The van der Waals surface area contributed by atoms with Crippen LogP contribution in [0.2, 0.25) is 0 Å². The smallest absolute Gasteiger partial charge is 0.0858 e. The summed E-state index contributed by atoms with van der Waals surface area (Å²) >= 11 is 0. The van der Waals surface area contributed by atoms with Crippen molar-refractivity contribution in [1.82, 2.24) is 15.0 Å². The molecule has 106 valence electrons. The Labute approximate surface area is 124 Å². The van der Waals surface area contributed by atoms with Crippen LogP contribution in [0.5, 0.6) is 0 Å². The van der Waals surface area contributed by atoms with E-state index in [4.69, 9.17) is 0 Å². The summed E-state index contributed by atoms with van der Waals surface area (Å²) in [6.07, 6.45) is 3.35. The highest BCUT2D eigenvalue weighted by molar-refractivity contribution is 5.49. The number of nitrogens with zero attached hydrogens (tertiary/aromatic N) is 3. The summed E-state index contributed by atoms with van der Waals surface area (Å²) in [5, 5.41) is 11.7. The molecule has 1 N–H and O–H groups in total. The third kappa shape index (κ3) is 2.94. The van der Waals surface area contributed by atoms with Gasteiger partial charge in [0.15, 0.2) is 0 Å². The van der Waals surface area contributed by atoms with Crippen molar-refractivity contribution in [3.8, 4) is 5.69 Å². The number of nitrogens with one attached hydrogen (secondary N) is 1. The molecular weight excluding hydrogens is 260 g/mol. The molecule has 4 nitrogen and oxygen atoms in total. The maximum atomic E-state index is 4.12. The van der Waals surface area contributed by atoms with Crippen LogP contribution in [0.15, 0.2) is 54.9 Å². The van der Waals surface area contributed by atoms with Crippen LogP contribution in [0.4, 0.5) is 5.69 Å². The van der Waals surface area contributed by atoms with Crippen LogP contribution in [-0.2, 0) is 6.54 Å². The molecule has 0 unspecified atom stereocenters. The first kappa shape index (κ1) is 13.4. The van der Waals surface area contributed by atoms with Crippen molar-refractivity contribution in [2.75, 3.05) is 5.32 Å². The van der Waals surface area contributed by atoms with E-state index in [1.165, 1.54) is 16.7 Å². The van der Waals surface area contributed by atoms with Gasteiger partial charge in [-0.05, 0) is 54.8 Å². The normalized spacial score (nSPS) is 10.6. The molecule has 1 aromatic heterocycles. The maximum absolute atomic E-state index is 4.12. The van der Waals surface area contributed by atoms with E-state index >= 15 is 0 Å². The van der Waals surface area contributed by atoms with Gasteiger partial charge in [0.1, 0.15) is 0 Å². The second kappa shape index (κ2) is 5.79. The third-order valence-electron chi connectivity index (χ3n) is 3.63. The first-order chi connectivity index (χ1) is 10.2. The molecule has 0 aliphatic heterocycles. The van der Waals surface area contributed by atoms with Crippen LogP contribution < -0.4 is 5.32 Å². The predicted octanol–water partition coefficient (Wildman–Crippen LogP) is 3.50. The highest BCUT2D eigenvalue weighted by Crippen LogP contribution is 2.17. The van der Waals surface area contributed by atoms with E-state index in [0.29, 0.717) is 0 Å². The first-order valence-electron chi connectivity index (χ1n) is 7.00. The minimum absolute atomic E-state index is 0.831. The lowest BCUT2D eigenvalue weighted by atomic mass is 10.0. The van der Waals surface area contributed by atoms with Gasteiger partial charge in [-0.25, -0.2) is 0 Å². The van der Waals surface area contributed by atoms with Gasteiger partial charge < -0.3 is 5.32 Å². The molecule has 0 radical (unpaired) electrons. The van der Waals surface area contributed by atoms with Crippen molar-refractivity contribution in [2.24, 2.45) is 0 Å². The Morgan fingerprint density at radius 2 is 1.52 bits per heavy atom. The summed E-state index contributed by atoms with van der Waals surface area (Å²) in [4.78, 5) is 1.61. The Hall–Kier alpha value is -2.62. The monoisotopic (exact) mass is 278 g/mol. The molecule has 3 rings (SSSR count). The van der Waals surface area contributed by atoms with Gasteiger partial charge in [0.25, 0.3) is 0 Å². The van der Waals surface area contributed by atoms with Crippen LogP contribution in [-0.4, -0.2) is 15.0 Å². The van der Waals surface area contributed by atoms with Crippen molar-refractivity contribution in [1.29, 1.82) is 0 Å². The molecule has 21 heavy (non-hydrogen) atoms. The number of anilines is 1. The van der Waals surface area contributed by atoms with E-state index < -0.39 is 0 Å². The molecular formula is C17H18N4. The molecule has 0 atom stereocenters. The number of aryl methyl sites for hydroxylation is 2. The molecule has 0 spiro atoms. The fraction of sp³-hybridized carbons (Fsp3) is 0.176.